The molecule has 1 heterocycles. The van der Waals surface area contributed by atoms with Crippen LogP contribution in [0.2, 0.25) is 5.02 Å². The van der Waals surface area contributed by atoms with Gasteiger partial charge in [0.2, 0.25) is 5.89 Å². The zero-order valence-corrected chi connectivity index (χ0v) is 13.2. The van der Waals surface area contributed by atoms with Crippen LogP contribution in [-0.4, -0.2) is 22.6 Å². The van der Waals surface area contributed by atoms with Crippen LogP contribution in [0.5, 0.6) is 5.75 Å². The topological polar surface area (TPSA) is 48.2 Å². The van der Waals surface area contributed by atoms with Gasteiger partial charge < -0.3 is 9.15 Å². The summed E-state index contributed by atoms with van der Waals surface area (Å²) in [7, 11) is 0. The number of nitrogens with zero attached hydrogens (tertiary/aromatic N) is 2. The highest BCUT2D eigenvalue weighted by atomic mass is 35.5. The van der Waals surface area contributed by atoms with Crippen LogP contribution in [0.3, 0.4) is 0 Å². The van der Waals surface area contributed by atoms with Gasteiger partial charge in [0.25, 0.3) is 5.22 Å². The van der Waals surface area contributed by atoms with Gasteiger partial charge in [-0.3, -0.25) is 0 Å². The molecule has 0 spiro atoms. The molecular weight excluding hydrogens is 320 g/mol. The maximum Gasteiger partial charge on any atom is 0.276 e. The van der Waals surface area contributed by atoms with Gasteiger partial charge in [0.15, 0.2) is 0 Å². The van der Waals surface area contributed by atoms with Crippen molar-refractivity contribution in [1.29, 1.82) is 0 Å². The molecule has 4 nitrogen and oxygen atoms in total. The van der Waals surface area contributed by atoms with E-state index >= 15 is 0 Å². The van der Waals surface area contributed by atoms with Crippen molar-refractivity contribution in [2.24, 2.45) is 0 Å². The van der Waals surface area contributed by atoms with Crippen molar-refractivity contribution < 1.29 is 9.15 Å². The predicted octanol–water partition coefficient (Wildman–Crippen LogP) is 4.56. The molecule has 6 heteroatoms. The predicted molar refractivity (Wildman–Crippen MR) is 87.4 cm³/mol. The van der Waals surface area contributed by atoms with Gasteiger partial charge in [-0.05, 0) is 36.4 Å². The lowest BCUT2D eigenvalue weighted by Gasteiger charge is -2.04. The van der Waals surface area contributed by atoms with Crippen molar-refractivity contribution in [2.75, 3.05) is 12.4 Å². The molecule has 0 aliphatic rings. The van der Waals surface area contributed by atoms with E-state index in [9.17, 15) is 0 Å². The summed E-state index contributed by atoms with van der Waals surface area (Å²) in [4.78, 5) is 0. The summed E-state index contributed by atoms with van der Waals surface area (Å²) in [6, 6.07) is 17.0. The Hall–Kier alpha value is -1.98. The number of hydrogen-bond donors (Lipinski definition) is 0. The Morgan fingerprint density at radius 2 is 1.77 bits per heavy atom. The molecule has 0 bridgehead atoms. The molecule has 0 saturated heterocycles. The van der Waals surface area contributed by atoms with E-state index in [0.29, 0.717) is 22.7 Å². The first-order valence-electron chi connectivity index (χ1n) is 6.71. The number of thioether (sulfide) groups is 1. The third kappa shape index (κ3) is 4.02. The maximum atomic E-state index is 5.82. The van der Waals surface area contributed by atoms with Crippen molar-refractivity contribution in [3.8, 4) is 17.2 Å². The summed E-state index contributed by atoms with van der Waals surface area (Å²) in [6.45, 7) is 0.551. The fourth-order valence-corrected chi connectivity index (χ4v) is 2.49. The van der Waals surface area contributed by atoms with Gasteiger partial charge >= 0.3 is 0 Å². The Labute approximate surface area is 137 Å². The number of hydrogen-bond acceptors (Lipinski definition) is 5. The minimum atomic E-state index is 0.529. The van der Waals surface area contributed by atoms with Crippen molar-refractivity contribution in [3.63, 3.8) is 0 Å². The minimum Gasteiger partial charge on any atom is -0.493 e. The summed E-state index contributed by atoms with van der Waals surface area (Å²) < 4.78 is 11.2. The largest absolute Gasteiger partial charge is 0.493 e. The summed E-state index contributed by atoms with van der Waals surface area (Å²) >= 11 is 7.29. The highest BCUT2D eigenvalue weighted by Crippen LogP contribution is 2.23. The molecule has 0 unspecified atom stereocenters. The second-order valence-electron chi connectivity index (χ2n) is 4.39. The average Bonchev–Trinajstić information content (AvgIpc) is 3.03. The van der Waals surface area contributed by atoms with Gasteiger partial charge in [-0.2, -0.15) is 0 Å². The Bertz CT molecular complexity index is 717. The van der Waals surface area contributed by atoms with Gasteiger partial charge in [-0.1, -0.05) is 41.6 Å². The summed E-state index contributed by atoms with van der Waals surface area (Å²) in [5, 5.41) is 9.30. The van der Waals surface area contributed by atoms with Crippen LogP contribution >= 0.6 is 23.4 Å². The number of rotatable bonds is 6. The molecule has 0 aliphatic heterocycles. The fourth-order valence-electron chi connectivity index (χ4n) is 1.78. The highest BCUT2D eigenvalue weighted by Gasteiger charge is 2.08. The van der Waals surface area contributed by atoms with Gasteiger partial charge in [0.1, 0.15) is 5.75 Å². The lowest BCUT2D eigenvalue weighted by molar-refractivity contribution is 0.343. The number of benzene rings is 2. The maximum absolute atomic E-state index is 5.82. The van der Waals surface area contributed by atoms with E-state index in [1.54, 1.807) is 12.1 Å². The standard InChI is InChI=1S/C16H13ClN2O2S/c17-13-6-8-14(9-7-13)20-10-11-22-16-19-18-15(21-16)12-4-2-1-3-5-12/h1-9H,10-11H2. The molecule has 0 saturated carbocycles. The third-order valence-corrected chi connectivity index (χ3v) is 3.85. The molecule has 3 aromatic rings. The van der Waals surface area contributed by atoms with Crippen LogP contribution in [0.15, 0.2) is 64.2 Å². The molecular formula is C16H13ClN2O2S. The second-order valence-corrected chi connectivity index (χ2v) is 5.87. The smallest absolute Gasteiger partial charge is 0.276 e. The van der Waals surface area contributed by atoms with E-state index in [1.165, 1.54) is 11.8 Å². The first-order chi connectivity index (χ1) is 10.8. The monoisotopic (exact) mass is 332 g/mol. The molecule has 3 rings (SSSR count). The fraction of sp³-hybridized carbons (Fsp3) is 0.125. The Kier molecular flexibility index (Phi) is 4.98. The highest BCUT2D eigenvalue weighted by molar-refractivity contribution is 7.99. The first kappa shape index (κ1) is 14.9. The number of ether oxygens (including phenoxy) is 1. The van der Waals surface area contributed by atoms with E-state index in [1.807, 2.05) is 42.5 Å². The first-order valence-corrected chi connectivity index (χ1v) is 8.08. The van der Waals surface area contributed by atoms with E-state index in [-0.39, 0.29) is 0 Å². The summed E-state index contributed by atoms with van der Waals surface area (Å²) in [5.74, 6) is 2.04. The van der Waals surface area contributed by atoms with Crippen LogP contribution in [0.1, 0.15) is 0 Å². The van der Waals surface area contributed by atoms with E-state index in [0.717, 1.165) is 17.1 Å². The second kappa shape index (κ2) is 7.33. The van der Waals surface area contributed by atoms with Crippen LogP contribution < -0.4 is 4.74 Å². The van der Waals surface area contributed by atoms with E-state index < -0.39 is 0 Å². The minimum absolute atomic E-state index is 0.529. The third-order valence-electron chi connectivity index (χ3n) is 2.82. The van der Waals surface area contributed by atoms with Gasteiger partial charge in [-0.15, -0.1) is 10.2 Å². The van der Waals surface area contributed by atoms with Crippen LogP contribution in [0.4, 0.5) is 0 Å². The molecule has 112 valence electrons. The Morgan fingerprint density at radius 1 is 1.00 bits per heavy atom. The lowest BCUT2D eigenvalue weighted by atomic mass is 10.2. The zero-order chi connectivity index (χ0) is 15.2. The van der Waals surface area contributed by atoms with Crippen molar-refractivity contribution in [3.05, 3.63) is 59.6 Å². The number of aromatic nitrogens is 2. The summed E-state index contributed by atoms with van der Waals surface area (Å²) in [5.41, 5.74) is 0.916. The molecule has 0 N–H and O–H groups in total. The molecule has 2 aromatic carbocycles. The SMILES string of the molecule is Clc1ccc(OCCSc2nnc(-c3ccccc3)o2)cc1. The van der Waals surface area contributed by atoms with Crippen LogP contribution in [0.25, 0.3) is 11.5 Å². The number of halogens is 1. The average molecular weight is 333 g/mol. The van der Waals surface area contributed by atoms with Crippen LogP contribution in [-0.2, 0) is 0 Å². The van der Waals surface area contributed by atoms with Gasteiger partial charge in [-0.25, -0.2) is 0 Å². The molecule has 22 heavy (non-hydrogen) atoms. The van der Waals surface area contributed by atoms with Crippen molar-refractivity contribution in [2.45, 2.75) is 5.22 Å². The normalized spacial score (nSPS) is 10.6. The van der Waals surface area contributed by atoms with Gasteiger partial charge in [0.05, 0.1) is 6.61 Å². The zero-order valence-electron chi connectivity index (χ0n) is 11.6. The lowest BCUT2D eigenvalue weighted by Crippen LogP contribution is -1.99. The molecule has 0 fully saturated rings. The van der Waals surface area contributed by atoms with Crippen LogP contribution in [0, 0.1) is 0 Å². The van der Waals surface area contributed by atoms with Gasteiger partial charge in [0, 0.05) is 16.3 Å². The van der Waals surface area contributed by atoms with Crippen molar-refractivity contribution >= 4 is 23.4 Å². The molecule has 1 aromatic heterocycles. The quantitative estimate of drug-likeness (QED) is 0.489. The molecule has 0 amide bonds. The summed E-state index contributed by atoms with van der Waals surface area (Å²) in [6.07, 6.45) is 0. The van der Waals surface area contributed by atoms with E-state index in [2.05, 4.69) is 10.2 Å². The molecule has 0 atom stereocenters. The Morgan fingerprint density at radius 3 is 2.55 bits per heavy atom. The Balaban J connectivity index is 1.48. The van der Waals surface area contributed by atoms with E-state index in [4.69, 9.17) is 20.8 Å². The molecule has 0 aliphatic carbocycles. The molecule has 0 radical (unpaired) electrons. The van der Waals surface area contributed by atoms with Crippen molar-refractivity contribution in [1.82, 2.24) is 10.2 Å².